The first-order valence-electron chi connectivity index (χ1n) is 14.1. The monoisotopic (exact) mass is 590 g/mol. The molecular formula is C29H39FN4O4S2. The Morgan fingerprint density at radius 2 is 1.68 bits per heavy atom. The number of benzene rings is 2. The van der Waals surface area contributed by atoms with Crippen molar-refractivity contribution in [2.75, 3.05) is 57.4 Å². The molecule has 1 aliphatic rings. The maximum absolute atomic E-state index is 13.8. The molecule has 2 heterocycles. The lowest BCUT2D eigenvalue weighted by molar-refractivity contribution is 0.0376. The molecule has 3 aromatic rings. The topological polar surface area (TPSA) is 83.1 Å². The number of fused-ring (bicyclic) bond motifs is 1. The van der Waals surface area contributed by atoms with Crippen molar-refractivity contribution in [1.29, 1.82) is 0 Å². The maximum Gasteiger partial charge on any atom is 0.260 e. The molecule has 1 aromatic heterocycles. The lowest BCUT2D eigenvalue weighted by Crippen LogP contribution is -2.39. The van der Waals surface area contributed by atoms with Crippen molar-refractivity contribution < 1.29 is 22.3 Å². The van der Waals surface area contributed by atoms with Crippen LogP contribution in [0.25, 0.3) is 10.2 Å². The molecule has 1 aliphatic heterocycles. The van der Waals surface area contributed by atoms with Crippen LogP contribution in [0.4, 0.5) is 9.52 Å². The zero-order valence-corrected chi connectivity index (χ0v) is 25.0. The van der Waals surface area contributed by atoms with Crippen LogP contribution in [-0.2, 0) is 14.8 Å². The van der Waals surface area contributed by atoms with E-state index in [0.717, 1.165) is 51.7 Å². The van der Waals surface area contributed by atoms with E-state index in [9.17, 15) is 17.6 Å². The molecule has 0 unspecified atom stereocenters. The van der Waals surface area contributed by atoms with Gasteiger partial charge < -0.3 is 4.74 Å². The average molecular weight is 591 g/mol. The van der Waals surface area contributed by atoms with Gasteiger partial charge in [-0.1, -0.05) is 38.0 Å². The number of sulfonamides is 1. The van der Waals surface area contributed by atoms with Gasteiger partial charge in [0, 0.05) is 44.8 Å². The summed E-state index contributed by atoms with van der Waals surface area (Å²) in [6, 6.07) is 10.6. The highest BCUT2D eigenvalue weighted by Crippen LogP contribution is 2.31. The minimum Gasteiger partial charge on any atom is -0.379 e. The van der Waals surface area contributed by atoms with E-state index in [1.807, 2.05) is 13.8 Å². The van der Waals surface area contributed by atoms with Crippen LogP contribution in [0.2, 0.25) is 0 Å². The van der Waals surface area contributed by atoms with Crippen LogP contribution in [0.3, 0.4) is 0 Å². The molecule has 1 fully saturated rings. The standard InChI is InChI=1S/C29H39FN4O4S2/c1-3-5-15-33(16-6-4-2)40(36,37)25-11-8-23(9-12-25)28(35)34(17-7-14-32-18-20-38-21-19-32)29-31-26-13-10-24(30)22-27(26)39-29/h8-13,22H,3-7,14-21H2,1-2H3. The summed E-state index contributed by atoms with van der Waals surface area (Å²) in [7, 11) is -3.66. The fourth-order valence-corrected chi connectivity index (χ4v) is 7.19. The first-order valence-corrected chi connectivity index (χ1v) is 16.4. The van der Waals surface area contributed by atoms with Crippen molar-refractivity contribution in [3.8, 4) is 0 Å². The number of hydrogen-bond donors (Lipinski definition) is 0. The summed E-state index contributed by atoms with van der Waals surface area (Å²) < 4.78 is 48.2. The molecule has 2 aromatic carbocycles. The molecule has 218 valence electrons. The van der Waals surface area contributed by atoms with E-state index in [-0.39, 0.29) is 16.6 Å². The number of nitrogens with zero attached hydrogens (tertiary/aromatic N) is 4. The molecule has 0 bridgehead atoms. The van der Waals surface area contributed by atoms with Gasteiger partial charge >= 0.3 is 0 Å². The molecule has 0 atom stereocenters. The third-order valence-corrected chi connectivity index (χ3v) is 9.99. The van der Waals surface area contributed by atoms with Gasteiger partial charge in [0.25, 0.3) is 5.91 Å². The smallest absolute Gasteiger partial charge is 0.260 e. The van der Waals surface area contributed by atoms with E-state index in [1.165, 1.54) is 35.6 Å². The number of thiazole rings is 1. The molecule has 11 heteroatoms. The van der Waals surface area contributed by atoms with Gasteiger partial charge in [-0.3, -0.25) is 14.6 Å². The second kappa shape index (κ2) is 14.5. The molecule has 0 aliphatic carbocycles. The van der Waals surface area contributed by atoms with Crippen molar-refractivity contribution in [3.05, 3.63) is 53.8 Å². The third kappa shape index (κ3) is 7.64. The predicted molar refractivity (Wildman–Crippen MR) is 158 cm³/mol. The number of halogens is 1. The Hall–Kier alpha value is -2.44. The van der Waals surface area contributed by atoms with E-state index in [0.29, 0.717) is 53.8 Å². The summed E-state index contributed by atoms with van der Waals surface area (Å²) in [5.74, 6) is -0.615. The maximum atomic E-state index is 13.8. The molecule has 4 rings (SSSR count). The second-order valence-corrected chi connectivity index (χ2v) is 13.0. The number of anilines is 1. The minimum absolute atomic E-state index is 0.186. The van der Waals surface area contributed by atoms with Crippen molar-refractivity contribution in [1.82, 2.24) is 14.2 Å². The first kappa shape index (κ1) is 30.5. The quantitative estimate of drug-likeness (QED) is 0.250. The van der Waals surface area contributed by atoms with Crippen molar-refractivity contribution >= 4 is 42.6 Å². The Labute approximate surface area is 240 Å². The van der Waals surface area contributed by atoms with Crippen molar-refractivity contribution in [2.45, 2.75) is 50.8 Å². The Morgan fingerprint density at radius 1 is 1.00 bits per heavy atom. The van der Waals surface area contributed by atoms with E-state index in [2.05, 4.69) is 9.88 Å². The summed E-state index contributed by atoms with van der Waals surface area (Å²) >= 11 is 1.27. The number of aromatic nitrogens is 1. The second-order valence-electron chi connectivity index (χ2n) is 10.0. The van der Waals surface area contributed by atoms with Crippen LogP contribution in [0.15, 0.2) is 47.4 Å². The van der Waals surface area contributed by atoms with Crippen LogP contribution in [0.5, 0.6) is 0 Å². The fourth-order valence-electron chi connectivity index (χ4n) is 4.66. The summed E-state index contributed by atoms with van der Waals surface area (Å²) in [4.78, 5) is 22.5. The molecule has 0 N–H and O–H groups in total. The molecule has 0 spiro atoms. The van der Waals surface area contributed by atoms with Gasteiger partial charge in [0.15, 0.2) is 5.13 Å². The largest absolute Gasteiger partial charge is 0.379 e. The Kier molecular flexibility index (Phi) is 11.0. The summed E-state index contributed by atoms with van der Waals surface area (Å²) in [5, 5.41) is 0.495. The highest BCUT2D eigenvalue weighted by Gasteiger charge is 2.26. The van der Waals surface area contributed by atoms with Gasteiger partial charge in [0.05, 0.1) is 28.3 Å². The normalized spacial score (nSPS) is 14.7. The SMILES string of the molecule is CCCCN(CCCC)S(=O)(=O)c1ccc(C(=O)N(CCCN2CCOCC2)c2nc3ccc(F)cc3s2)cc1. The van der Waals surface area contributed by atoms with Gasteiger partial charge in [-0.2, -0.15) is 4.31 Å². The molecule has 0 radical (unpaired) electrons. The molecule has 40 heavy (non-hydrogen) atoms. The molecule has 1 amide bonds. The van der Waals surface area contributed by atoms with Crippen LogP contribution in [-0.4, -0.2) is 81.0 Å². The highest BCUT2D eigenvalue weighted by atomic mass is 32.2. The number of amides is 1. The van der Waals surface area contributed by atoms with Gasteiger partial charge in [-0.15, -0.1) is 0 Å². The predicted octanol–water partition coefficient (Wildman–Crippen LogP) is 5.40. The number of rotatable bonds is 14. The number of morpholine rings is 1. The Balaban J connectivity index is 1.56. The molecule has 0 saturated carbocycles. The lowest BCUT2D eigenvalue weighted by Gasteiger charge is -2.27. The Morgan fingerprint density at radius 3 is 2.33 bits per heavy atom. The summed E-state index contributed by atoms with van der Waals surface area (Å²) in [5.41, 5.74) is 1.01. The fraction of sp³-hybridized carbons (Fsp3) is 0.517. The van der Waals surface area contributed by atoms with E-state index >= 15 is 0 Å². The van der Waals surface area contributed by atoms with Gasteiger partial charge in [0.2, 0.25) is 10.0 Å². The van der Waals surface area contributed by atoms with Crippen molar-refractivity contribution in [2.24, 2.45) is 0 Å². The van der Waals surface area contributed by atoms with Crippen LogP contribution < -0.4 is 4.90 Å². The minimum atomic E-state index is -3.66. The number of unbranched alkanes of at least 4 members (excludes halogenated alkanes) is 2. The third-order valence-electron chi connectivity index (χ3n) is 7.04. The zero-order valence-electron chi connectivity index (χ0n) is 23.4. The number of carbonyl (C=O) groups excluding carboxylic acids is 1. The zero-order chi connectivity index (χ0) is 28.5. The average Bonchev–Trinajstić information content (AvgIpc) is 3.38. The molecular weight excluding hydrogens is 551 g/mol. The van der Waals surface area contributed by atoms with E-state index in [1.54, 1.807) is 27.4 Å². The van der Waals surface area contributed by atoms with E-state index in [4.69, 9.17) is 4.74 Å². The summed E-state index contributed by atoms with van der Waals surface area (Å²) in [6.07, 6.45) is 4.14. The van der Waals surface area contributed by atoms with Crippen LogP contribution >= 0.6 is 11.3 Å². The Bertz CT molecular complexity index is 1350. The molecule has 8 nitrogen and oxygen atoms in total. The summed E-state index contributed by atoms with van der Waals surface area (Å²) in [6.45, 7) is 9.42. The highest BCUT2D eigenvalue weighted by molar-refractivity contribution is 7.89. The van der Waals surface area contributed by atoms with Gasteiger partial charge in [0.1, 0.15) is 5.82 Å². The first-order chi connectivity index (χ1) is 19.3. The lowest BCUT2D eigenvalue weighted by atomic mass is 10.2. The number of carbonyl (C=O) groups is 1. The van der Waals surface area contributed by atoms with Crippen LogP contribution in [0.1, 0.15) is 56.3 Å². The van der Waals surface area contributed by atoms with Crippen LogP contribution in [0, 0.1) is 5.82 Å². The van der Waals surface area contributed by atoms with Gasteiger partial charge in [-0.25, -0.2) is 17.8 Å². The molecule has 1 saturated heterocycles. The number of ether oxygens (including phenoxy) is 1. The van der Waals surface area contributed by atoms with Gasteiger partial charge in [-0.05, 0) is 61.7 Å². The van der Waals surface area contributed by atoms with Crippen molar-refractivity contribution in [3.63, 3.8) is 0 Å². The van der Waals surface area contributed by atoms with E-state index < -0.39 is 10.0 Å². The number of hydrogen-bond acceptors (Lipinski definition) is 7.